The van der Waals surface area contributed by atoms with Crippen LogP contribution in [0.3, 0.4) is 0 Å². The number of imidazole rings is 1. The number of carbonyl (C=O) groups is 2. The molecule has 0 saturated carbocycles. The van der Waals surface area contributed by atoms with Gasteiger partial charge in [-0.1, -0.05) is 18.2 Å². The highest BCUT2D eigenvalue weighted by atomic mass is 16.2. The number of benzene rings is 2. The summed E-state index contributed by atoms with van der Waals surface area (Å²) in [7, 11) is 0. The average molecular weight is 336 g/mol. The summed E-state index contributed by atoms with van der Waals surface area (Å²) in [5.74, 6) is -0.312. The smallest absolute Gasteiger partial charge is 0.251 e. The molecular formula is C19H20N4O2. The van der Waals surface area contributed by atoms with Crippen LogP contribution >= 0.6 is 0 Å². The number of nitrogens with zero attached hydrogens (tertiary/aromatic N) is 2. The Labute approximate surface area is 145 Å². The molecule has 0 spiro atoms. The third kappa shape index (κ3) is 4.23. The Morgan fingerprint density at radius 1 is 1.12 bits per heavy atom. The van der Waals surface area contributed by atoms with E-state index in [1.54, 1.807) is 24.3 Å². The summed E-state index contributed by atoms with van der Waals surface area (Å²) in [5.41, 5.74) is 3.21. The van der Waals surface area contributed by atoms with Crippen LogP contribution in [0.1, 0.15) is 23.7 Å². The lowest BCUT2D eigenvalue weighted by atomic mass is 10.2. The molecule has 2 N–H and O–H groups in total. The zero-order valence-corrected chi connectivity index (χ0v) is 14.0. The molecule has 1 heterocycles. The van der Waals surface area contributed by atoms with Crippen LogP contribution in [-0.2, 0) is 11.3 Å². The van der Waals surface area contributed by atoms with Gasteiger partial charge in [0.15, 0.2) is 0 Å². The van der Waals surface area contributed by atoms with E-state index in [1.807, 2.05) is 30.6 Å². The minimum absolute atomic E-state index is 0.150. The van der Waals surface area contributed by atoms with Crippen LogP contribution in [0.2, 0.25) is 0 Å². The Morgan fingerprint density at radius 2 is 1.96 bits per heavy atom. The Kier molecular flexibility index (Phi) is 5.09. The van der Waals surface area contributed by atoms with Crippen LogP contribution in [0.4, 0.5) is 5.69 Å². The number of aryl methyl sites for hydroxylation is 1. The number of rotatable bonds is 6. The van der Waals surface area contributed by atoms with Crippen molar-refractivity contribution in [1.82, 2.24) is 14.9 Å². The zero-order valence-electron chi connectivity index (χ0n) is 14.0. The van der Waals surface area contributed by atoms with Crippen molar-refractivity contribution in [3.05, 3.63) is 60.4 Å². The number of carbonyl (C=O) groups excluding carboxylic acids is 2. The molecule has 3 rings (SSSR count). The molecule has 6 heteroatoms. The topological polar surface area (TPSA) is 76.0 Å². The highest BCUT2D eigenvalue weighted by Crippen LogP contribution is 2.12. The van der Waals surface area contributed by atoms with Gasteiger partial charge in [0.05, 0.1) is 17.4 Å². The molecule has 2 amide bonds. The number of aromatic nitrogens is 2. The van der Waals surface area contributed by atoms with Crippen molar-refractivity contribution in [3.63, 3.8) is 0 Å². The van der Waals surface area contributed by atoms with Crippen molar-refractivity contribution in [2.75, 3.05) is 11.9 Å². The fraction of sp³-hybridized carbons (Fsp3) is 0.211. The molecule has 0 saturated heterocycles. The van der Waals surface area contributed by atoms with Crippen LogP contribution in [-0.4, -0.2) is 27.9 Å². The molecule has 3 aromatic rings. The van der Waals surface area contributed by atoms with Crippen LogP contribution < -0.4 is 10.6 Å². The van der Waals surface area contributed by atoms with E-state index in [0.29, 0.717) is 17.8 Å². The van der Waals surface area contributed by atoms with Crippen molar-refractivity contribution in [2.45, 2.75) is 19.9 Å². The quantitative estimate of drug-likeness (QED) is 0.680. The van der Waals surface area contributed by atoms with Gasteiger partial charge < -0.3 is 15.2 Å². The van der Waals surface area contributed by atoms with Gasteiger partial charge in [-0.05, 0) is 36.8 Å². The van der Waals surface area contributed by atoms with E-state index in [2.05, 4.69) is 20.2 Å². The molecule has 0 fully saturated rings. The molecule has 128 valence electrons. The van der Waals surface area contributed by atoms with Gasteiger partial charge in [0.1, 0.15) is 0 Å². The predicted molar refractivity (Wildman–Crippen MR) is 97.4 cm³/mol. The number of fused-ring (bicyclic) bond motifs is 1. The monoisotopic (exact) mass is 336 g/mol. The summed E-state index contributed by atoms with van der Waals surface area (Å²) in [5, 5.41) is 5.58. The maximum Gasteiger partial charge on any atom is 0.251 e. The first kappa shape index (κ1) is 16.7. The summed E-state index contributed by atoms with van der Waals surface area (Å²) >= 11 is 0. The number of anilines is 1. The minimum Gasteiger partial charge on any atom is -0.352 e. The Morgan fingerprint density at radius 3 is 2.80 bits per heavy atom. The third-order valence-electron chi connectivity index (χ3n) is 3.83. The molecule has 0 bridgehead atoms. The second kappa shape index (κ2) is 7.61. The lowest BCUT2D eigenvalue weighted by molar-refractivity contribution is -0.114. The number of hydrogen-bond donors (Lipinski definition) is 2. The fourth-order valence-electron chi connectivity index (χ4n) is 2.68. The van der Waals surface area contributed by atoms with Crippen molar-refractivity contribution in [3.8, 4) is 0 Å². The summed E-state index contributed by atoms with van der Waals surface area (Å²) < 4.78 is 2.08. The van der Waals surface area contributed by atoms with Gasteiger partial charge in [-0.25, -0.2) is 4.98 Å². The largest absolute Gasteiger partial charge is 0.352 e. The summed E-state index contributed by atoms with van der Waals surface area (Å²) in [6.45, 7) is 2.79. The van der Waals surface area contributed by atoms with Gasteiger partial charge in [-0.3, -0.25) is 9.59 Å². The van der Waals surface area contributed by atoms with E-state index < -0.39 is 0 Å². The molecule has 2 aromatic carbocycles. The Bertz CT molecular complexity index is 901. The SMILES string of the molecule is CC(=O)Nc1cccc(C(=O)NCCCn2cnc3ccccc32)c1. The highest BCUT2D eigenvalue weighted by molar-refractivity contribution is 5.96. The number of para-hydroxylation sites is 2. The van der Waals surface area contributed by atoms with Gasteiger partial charge in [-0.2, -0.15) is 0 Å². The predicted octanol–water partition coefficient (Wildman–Crippen LogP) is 2.81. The standard InChI is InChI=1S/C19H20N4O2/c1-14(24)22-16-7-4-6-15(12-16)19(25)20-10-5-11-23-13-21-17-8-2-3-9-18(17)23/h2-4,6-9,12-13H,5,10-11H2,1H3,(H,20,25)(H,22,24). The van der Waals surface area contributed by atoms with Crippen molar-refractivity contribution >= 4 is 28.5 Å². The summed E-state index contributed by atoms with van der Waals surface area (Å²) in [6, 6.07) is 14.9. The highest BCUT2D eigenvalue weighted by Gasteiger charge is 2.07. The molecule has 1 aromatic heterocycles. The van der Waals surface area contributed by atoms with Crippen molar-refractivity contribution < 1.29 is 9.59 Å². The van der Waals surface area contributed by atoms with Crippen LogP contribution in [0, 0.1) is 0 Å². The molecule has 0 unspecified atom stereocenters. The zero-order chi connectivity index (χ0) is 17.6. The third-order valence-corrected chi connectivity index (χ3v) is 3.83. The van der Waals surface area contributed by atoms with Crippen molar-refractivity contribution in [1.29, 1.82) is 0 Å². The maximum absolute atomic E-state index is 12.2. The Hall–Kier alpha value is -3.15. The van der Waals surface area contributed by atoms with Gasteiger partial charge in [0.2, 0.25) is 5.91 Å². The molecule has 0 atom stereocenters. The first-order valence-corrected chi connectivity index (χ1v) is 8.19. The normalized spacial score (nSPS) is 10.6. The average Bonchev–Trinajstić information content (AvgIpc) is 3.01. The van der Waals surface area contributed by atoms with Gasteiger partial charge >= 0.3 is 0 Å². The lowest BCUT2D eigenvalue weighted by Gasteiger charge is -2.08. The Balaban J connectivity index is 1.52. The van der Waals surface area contributed by atoms with Crippen LogP contribution in [0.25, 0.3) is 11.0 Å². The lowest BCUT2D eigenvalue weighted by Crippen LogP contribution is -2.25. The molecule has 0 aliphatic rings. The fourth-order valence-corrected chi connectivity index (χ4v) is 2.68. The second-order valence-electron chi connectivity index (χ2n) is 5.80. The van der Waals surface area contributed by atoms with E-state index in [1.165, 1.54) is 6.92 Å². The van der Waals surface area contributed by atoms with E-state index >= 15 is 0 Å². The van der Waals surface area contributed by atoms with Crippen molar-refractivity contribution in [2.24, 2.45) is 0 Å². The summed E-state index contributed by atoms with van der Waals surface area (Å²) in [6.07, 6.45) is 2.63. The van der Waals surface area contributed by atoms with E-state index in [-0.39, 0.29) is 11.8 Å². The molecule has 0 aliphatic heterocycles. The molecule has 25 heavy (non-hydrogen) atoms. The van der Waals surface area contributed by atoms with E-state index in [4.69, 9.17) is 0 Å². The first-order chi connectivity index (χ1) is 12.1. The van der Waals surface area contributed by atoms with Crippen LogP contribution in [0.15, 0.2) is 54.9 Å². The number of hydrogen-bond acceptors (Lipinski definition) is 3. The molecule has 0 radical (unpaired) electrons. The van der Waals surface area contributed by atoms with Gasteiger partial charge in [-0.15, -0.1) is 0 Å². The molecular weight excluding hydrogens is 316 g/mol. The second-order valence-corrected chi connectivity index (χ2v) is 5.80. The van der Waals surface area contributed by atoms with E-state index in [9.17, 15) is 9.59 Å². The molecule has 0 aliphatic carbocycles. The van der Waals surface area contributed by atoms with Gasteiger partial charge in [0, 0.05) is 31.3 Å². The van der Waals surface area contributed by atoms with Gasteiger partial charge in [0.25, 0.3) is 5.91 Å². The maximum atomic E-state index is 12.2. The minimum atomic E-state index is -0.162. The van der Waals surface area contributed by atoms with E-state index in [0.717, 1.165) is 24.0 Å². The first-order valence-electron chi connectivity index (χ1n) is 8.19. The van der Waals surface area contributed by atoms with Crippen LogP contribution in [0.5, 0.6) is 0 Å². The number of nitrogens with one attached hydrogen (secondary N) is 2. The number of amides is 2. The summed E-state index contributed by atoms with van der Waals surface area (Å²) in [4.78, 5) is 27.7. The molecule has 6 nitrogen and oxygen atoms in total.